The summed E-state index contributed by atoms with van der Waals surface area (Å²) in [6, 6.07) is 7.45. The minimum Gasteiger partial charge on any atom is -0.484 e. The van der Waals surface area contributed by atoms with E-state index in [1.54, 1.807) is 0 Å². The van der Waals surface area contributed by atoms with Crippen LogP contribution in [0.2, 0.25) is 0 Å². The second kappa shape index (κ2) is 8.66. The highest BCUT2D eigenvalue weighted by Crippen LogP contribution is 2.16. The third-order valence-corrected chi connectivity index (χ3v) is 4.64. The normalized spacial score (nSPS) is 17.3. The standard InChI is InChI=1S/C17H25BrN2O3/c1-13(2)16(21)11-19-7-9-20(10-8-19)17(22)12-23-15-5-3-14(18)4-6-15/h3-6,13,16,21H,7-12H2,1-2H3. The number of carbonyl (C=O) groups excluding carboxylic acids is 1. The quantitative estimate of drug-likeness (QED) is 0.814. The van der Waals surface area contributed by atoms with Crippen molar-refractivity contribution in [3.05, 3.63) is 28.7 Å². The zero-order valence-corrected chi connectivity index (χ0v) is 15.3. The molecule has 0 aliphatic carbocycles. The van der Waals surface area contributed by atoms with E-state index in [4.69, 9.17) is 4.74 Å². The molecule has 6 heteroatoms. The summed E-state index contributed by atoms with van der Waals surface area (Å²) in [4.78, 5) is 16.2. The van der Waals surface area contributed by atoms with Crippen LogP contribution in [-0.2, 0) is 4.79 Å². The Balaban J connectivity index is 1.72. The Bertz CT molecular complexity index is 499. The molecule has 1 aromatic carbocycles. The average molecular weight is 385 g/mol. The molecule has 1 aliphatic rings. The van der Waals surface area contributed by atoms with Crippen molar-refractivity contribution in [2.75, 3.05) is 39.3 Å². The summed E-state index contributed by atoms with van der Waals surface area (Å²) in [6.07, 6.45) is -0.307. The summed E-state index contributed by atoms with van der Waals surface area (Å²) in [5.74, 6) is 0.964. The molecule has 1 heterocycles. The number of benzene rings is 1. The van der Waals surface area contributed by atoms with Crippen LogP contribution in [-0.4, -0.2) is 66.2 Å². The van der Waals surface area contributed by atoms with E-state index in [2.05, 4.69) is 20.8 Å². The van der Waals surface area contributed by atoms with Gasteiger partial charge in [-0.15, -0.1) is 0 Å². The maximum absolute atomic E-state index is 12.2. The fourth-order valence-corrected chi connectivity index (χ4v) is 2.69. The van der Waals surface area contributed by atoms with Crippen LogP contribution < -0.4 is 4.74 Å². The summed E-state index contributed by atoms with van der Waals surface area (Å²) in [5.41, 5.74) is 0. The van der Waals surface area contributed by atoms with Crippen LogP contribution in [0.25, 0.3) is 0 Å². The Kier molecular flexibility index (Phi) is 6.87. The Labute approximate surface area is 146 Å². The second-order valence-corrected chi connectivity index (χ2v) is 7.15. The number of ether oxygens (including phenoxy) is 1. The number of piperazine rings is 1. The first-order valence-corrected chi connectivity index (χ1v) is 8.81. The van der Waals surface area contributed by atoms with Crippen LogP contribution in [0.3, 0.4) is 0 Å². The number of β-amino-alcohol motifs (C(OH)–C–C–N with tert-alkyl or cyclic N) is 1. The molecule has 2 rings (SSSR count). The van der Waals surface area contributed by atoms with E-state index in [1.807, 2.05) is 43.0 Å². The molecule has 1 amide bonds. The van der Waals surface area contributed by atoms with E-state index >= 15 is 0 Å². The molecule has 1 atom stereocenters. The number of hydrogen-bond donors (Lipinski definition) is 1. The van der Waals surface area contributed by atoms with E-state index in [-0.39, 0.29) is 24.5 Å². The molecule has 1 N–H and O–H groups in total. The van der Waals surface area contributed by atoms with Crippen LogP contribution in [0.5, 0.6) is 5.75 Å². The molecular weight excluding hydrogens is 360 g/mol. The lowest BCUT2D eigenvalue weighted by Crippen LogP contribution is -2.51. The molecule has 0 spiro atoms. The van der Waals surface area contributed by atoms with Gasteiger partial charge in [0.2, 0.25) is 0 Å². The predicted octanol–water partition coefficient (Wildman–Crippen LogP) is 1.99. The number of nitrogens with zero attached hydrogens (tertiary/aromatic N) is 2. The van der Waals surface area contributed by atoms with Crippen molar-refractivity contribution < 1.29 is 14.6 Å². The molecule has 128 valence electrons. The highest BCUT2D eigenvalue weighted by Gasteiger charge is 2.23. The smallest absolute Gasteiger partial charge is 0.260 e. The molecule has 0 radical (unpaired) electrons. The highest BCUT2D eigenvalue weighted by atomic mass is 79.9. The molecule has 1 saturated heterocycles. The van der Waals surface area contributed by atoms with E-state index in [9.17, 15) is 9.90 Å². The molecule has 5 nitrogen and oxygen atoms in total. The third-order valence-electron chi connectivity index (χ3n) is 4.12. The molecule has 1 fully saturated rings. The van der Waals surface area contributed by atoms with Crippen molar-refractivity contribution in [2.45, 2.75) is 20.0 Å². The van der Waals surface area contributed by atoms with Crippen LogP contribution in [0.1, 0.15) is 13.8 Å². The van der Waals surface area contributed by atoms with Crippen molar-refractivity contribution >= 4 is 21.8 Å². The van der Waals surface area contributed by atoms with Gasteiger partial charge in [0, 0.05) is 37.2 Å². The van der Waals surface area contributed by atoms with Gasteiger partial charge in [0.15, 0.2) is 6.61 Å². The van der Waals surface area contributed by atoms with Gasteiger partial charge in [-0.25, -0.2) is 0 Å². The predicted molar refractivity (Wildman–Crippen MR) is 93.5 cm³/mol. The second-order valence-electron chi connectivity index (χ2n) is 6.24. The number of rotatable bonds is 6. The number of carbonyl (C=O) groups is 1. The number of amides is 1. The average Bonchev–Trinajstić information content (AvgIpc) is 2.54. The van der Waals surface area contributed by atoms with Crippen LogP contribution in [0, 0.1) is 5.92 Å². The Hall–Kier alpha value is -1.11. The van der Waals surface area contributed by atoms with E-state index in [0.29, 0.717) is 25.4 Å². The van der Waals surface area contributed by atoms with Gasteiger partial charge in [-0.1, -0.05) is 29.8 Å². The Morgan fingerprint density at radius 2 is 1.83 bits per heavy atom. The van der Waals surface area contributed by atoms with E-state index in [0.717, 1.165) is 17.6 Å². The lowest BCUT2D eigenvalue weighted by atomic mass is 10.1. The van der Waals surface area contributed by atoms with Gasteiger partial charge in [-0.3, -0.25) is 9.69 Å². The molecule has 0 saturated carbocycles. The minimum atomic E-state index is -0.307. The summed E-state index contributed by atoms with van der Waals surface area (Å²) in [6.45, 7) is 7.75. The van der Waals surface area contributed by atoms with Gasteiger partial charge in [-0.2, -0.15) is 0 Å². The molecule has 0 bridgehead atoms. The SMILES string of the molecule is CC(C)C(O)CN1CCN(C(=O)COc2ccc(Br)cc2)CC1. The zero-order chi connectivity index (χ0) is 16.8. The van der Waals surface area contributed by atoms with Gasteiger partial charge in [0.1, 0.15) is 5.75 Å². The maximum Gasteiger partial charge on any atom is 0.260 e. The molecular formula is C17H25BrN2O3. The highest BCUT2D eigenvalue weighted by molar-refractivity contribution is 9.10. The minimum absolute atomic E-state index is 0.0111. The summed E-state index contributed by atoms with van der Waals surface area (Å²) in [7, 11) is 0. The van der Waals surface area contributed by atoms with Gasteiger partial charge < -0.3 is 14.7 Å². The Morgan fingerprint density at radius 1 is 1.22 bits per heavy atom. The van der Waals surface area contributed by atoms with Crippen molar-refractivity contribution in [1.29, 1.82) is 0 Å². The number of hydrogen-bond acceptors (Lipinski definition) is 4. The van der Waals surface area contributed by atoms with Crippen molar-refractivity contribution in [3.8, 4) is 5.75 Å². The Morgan fingerprint density at radius 3 is 2.39 bits per heavy atom. The number of aliphatic hydroxyl groups excluding tert-OH is 1. The van der Waals surface area contributed by atoms with Gasteiger partial charge in [-0.05, 0) is 30.2 Å². The van der Waals surface area contributed by atoms with Crippen LogP contribution in [0.15, 0.2) is 28.7 Å². The maximum atomic E-state index is 12.2. The molecule has 1 aromatic rings. The molecule has 1 unspecified atom stereocenters. The van der Waals surface area contributed by atoms with E-state index < -0.39 is 0 Å². The fraction of sp³-hybridized carbons (Fsp3) is 0.588. The summed E-state index contributed by atoms with van der Waals surface area (Å²) < 4.78 is 6.52. The lowest BCUT2D eigenvalue weighted by molar-refractivity contribution is -0.135. The largest absolute Gasteiger partial charge is 0.484 e. The monoisotopic (exact) mass is 384 g/mol. The van der Waals surface area contributed by atoms with Gasteiger partial charge in [0.25, 0.3) is 5.91 Å². The summed E-state index contributed by atoms with van der Waals surface area (Å²) in [5, 5.41) is 9.94. The molecule has 0 aromatic heterocycles. The topological polar surface area (TPSA) is 53.0 Å². The van der Waals surface area contributed by atoms with Crippen LogP contribution in [0.4, 0.5) is 0 Å². The van der Waals surface area contributed by atoms with Crippen molar-refractivity contribution in [1.82, 2.24) is 9.80 Å². The lowest BCUT2D eigenvalue weighted by Gasteiger charge is -2.36. The molecule has 1 aliphatic heterocycles. The van der Waals surface area contributed by atoms with Gasteiger partial charge >= 0.3 is 0 Å². The fourth-order valence-electron chi connectivity index (χ4n) is 2.42. The first kappa shape index (κ1) is 18.2. The first-order valence-electron chi connectivity index (χ1n) is 8.02. The number of aliphatic hydroxyl groups is 1. The van der Waals surface area contributed by atoms with Gasteiger partial charge in [0.05, 0.1) is 6.10 Å². The number of halogens is 1. The zero-order valence-electron chi connectivity index (χ0n) is 13.7. The van der Waals surface area contributed by atoms with Crippen molar-refractivity contribution in [3.63, 3.8) is 0 Å². The first-order chi connectivity index (χ1) is 11.0. The van der Waals surface area contributed by atoms with Crippen molar-refractivity contribution in [2.24, 2.45) is 5.92 Å². The van der Waals surface area contributed by atoms with E-state index in [1.165, 1.54) is 0 Å². The summed E-state index contributed by atoms with van der Waals surface area (Å²) >= 11 is 3.37. The molecule has 23 heavy (non-hydrogen) atoms. The van der Waals surface area contributed by atoms with Crippen LogP contribution >= 0.6 is 15.9 Å². The third kappa shape index (κ3) is 5.79.